The molecule has 2 rings (SSSR count). The molecule has 0 radical (unpaired) electrons. The normalized spacial score (nSPS) is 12.0. The Hall–Kier alpha value is -1.61. The molecule has 0 saturated carbocycles. The number of aryl methyl sites for hydroxylation is 4. The quantitative estimate of drug-likeness (QED) is 0.551. The summed E-state index contributed by atoms with van der Waals surface area (Å²) in [6.45, 7) is 8.10. The molecule has 0 N–H and O–H groups in total. The fourth-order valence-corrected chi connectivity index (χ4v) is 3.35. The minimum atomic E-state index is -0.271. The van der Waals surface area contributed by atoms with Gasteiger partial charge in [-0.3, -0.25) is 0 Å². The zero-order valence-electron chi connectivity index (χ0n) is 12.7. The van der Waals surface area contributed by atoms with Crippen molar-refractivity contribution >= 4 is 22.2 Å². The van der Waals surface area contributed by atoms with Gasteiger partial charge in [-0.2, -0.15) is 0 Å². The summed E-state index contributed by atoms with van der Waals surface area (Å²) < 4.78 is 5.97. The predicted molar refractivity (Wildman–Crippen MR) is 89.6 cm³/mol. The molecule has 110 valence electrons. The van der Waals surface area contributed by atoms with E-state index in [9.17, 15) is 4.79 Å². The molecule has 21 heavy (non-hydrogen) atoms. The molecule has 2 aromatic carbocycles. The fourth-order valence-electron chi connectivity index (χ4n) is 2.62. The molecule has 1 atom stereocenters. The predicted octanol–water partition coefficient (Wildman–Crippen LogP) is 5.35. The average Bonchev–Trinajstić information content (AvgIpc) is 2.36. The van der Waals surface area contributed by atoms with Crippen molar-refractivity contribution in [3.8, 4) is 11.5 Å². The summed E-state index contributed by atoms with van der Waals surface area (Å²) in [5, 5.41) is 0. The van der Waals surface area contributed by atoms with Gasteiger partial charge in [-0.05, 0) is 79.8 Å². The molecule has 3 heteroatoms. The molecular formula is C18H19BrO2. The Morgan fingerprint density at radius 2 is 1.38 bits per heavy atom. The molecule has 0 fully saturated rings. The van der Waals surface area contributed by atoms with Gasteiger partial charge in [0.1, 0.15) is 17.8 Å². The minimum absolute atomic E-state index is 0.271. The molecule has 0 spiro atoms. The number of carbonyl (C=O) groups is 1. The molecule has 0 heterocycles. The molecule has 0 aliphatic carbocycles. The fraction of sp³-hybridized carbons (Fsp3) is 0.278. The van der Waals surface area contributed by atoms with Crippen LogP contribution >= 0.6 is 15.9 Å². The van der Waals surface area contributed by atoms with E-state index in [-0.39, 0.29) is 4.83 Å². The summed E-state index contributed by atoms with van der Waals surface area (Å²) in [7, 11) is 0. The molecule has 0 aliphatic heterocycles. The van der Waals surface area contributed by atoms with Crippen LogP contribution in [-0.4, -0.2) is 6.29 Å². The van der Waals surface area contributed by atoms with Crippen molar-refractivity contribution in [3.05, 3.63) is 58.1 Å². The molecule has 0 aliphatic rings. The van der Waals surface area contributed by atoms with Crippen LogP contribution in [0.25, 0.3) is 0 Å². The summed E-state index contributed by atoms with van der Waals surface area (Å²) >= 11 is 3.39. The van der Waals surface area contributed by atoms with Gasteiger partial charge >= 0.3 is 0 Å². The molecule has 2 aromatic rings. The lowest BCUT2D eigenvalue weighted by Crippen LogP contribution is -1.99. The van der Waals surface area contributed by atoms with Crippen molar-refractivity contribution in [2.24, 2.45) is 0 Å². The number of alkyl halides is 1. The Morgan fingerprint density at radius 3 is 1.86 bits per heavy atom. The van der Waals surface area contributed by atoms with Crippen LogP contribution in [0.2, 0.25) is 0 Å². The second-order valence-corrected chi connectivity index (χ2v) is 6.42. The van der Waals surface area contributed by atoms with Crippen LogP contribution in [0.15, 0.2) is 30.3 Å². The summed E-state index contributed by atoms with van der Waals surface area (Å²) in [6.07, 6.45) is 0.903. The van der Waals surface area contributed by atoms with Crippen LogP contribution in [0, 0.1) is 27.7 Å². The number of carbonyl (C=O) groups excluding carboxylic acids is 1. The summed E-state index contributed by atoms with van der Waals surface area (Å²) in [5.74, 6) is 1.63. The minimum Gasteiger partial charge on any atom is -0.457 e. The van der Waals surface area contributed by atoms with Crippen LogP contribution in [0.5, 0.6) is 11.5 Å². The molecule has 0 amide bonds. The van der Waals surface area contributed by atoms with Crippen molar-refractivity contribution < 1.29 is 9.53 Å². The number of benzene rings is 2. The van der Waals surface area contributed by atoms with Crippen molar-refractivity contribution in [2.75, 3.05) is 0 Å². The Labute approximate surface area is 134 Å². The largest absolute Gasteiger partial charge is 0.457 e. The number of halogens is 1. The van der Waals surface area contributed by atoms with E-state index in [0.29, 0.717) is 0 Å². The third kappa shape index (κ3) is 3.73. The third-order valence-corrected chi connectivity index (χ3v) is 4.07. The number of hydrogen-bond donors (Lipinski definition) is 0. The number of rotatable bonds is 4. The maximum Gasteiger partial charge on any atom is 0.138 e. The van der Waals surface area contributed by atoms with Gasteiger partial charge in [-0.25, -0.2) is 0 Å². The molecule has 0 bridgehead atoms. The zero-order chi connectivity index (χ0) is 15.6. The maximum atomic E-state index is 11.0. The van der Waals surface area contributed by atoms with Gasteiger partial charge in [0.25, 0.3) is 0 Å². The highest BCUT2D eigenvalue weighted by Gasteiger charge is 2.14. The third-order valence-electron chi connectivity index (χ3n) is 3.39. The van der Waals surface area contributed by atoms with E-state index in [1.807, 2.05) is 38.1 Å². The first kappa shape index (κ1) is 15.8. The first-order valence-electron chi connectivity index (χ1n) is 6.87. The second-order valence-electron chi connectivity index (χ2n) is 5.43. The van der Waals surface area contributed by atoms with Crippen LogP contribution < -0.4 is 4.74 Å². The monoisotopic (exact) mass is 346 g/mol. The van der Waals surface area contributed by atoms with E-state index < -0.39 is 0 Å². The summed E-state index contributed by atoms with van der Waals surface area (Å²) in [5.41, 5.74) is 5.46. The second kappa shape index (κ2) is 6.44. The number of aldehydes is 1. The lowest BCUT2D eigenvalue weighted by molar-refractivity contribution is -0.107. The van der Waals surface area contributed by atoms with Gasteiger partial charge in [0.2, 0.25) is 0 Å². The van der Waals surface area contributed by atoms with Crippen LogP contribution in [0.4, 0.5) is 0 Å². The highest BCUT2D eigenvalue weighted by atomic mass is 79.9. The lowest BCUT2D eigenvalue weighted by Gasteiger charge is -2.15. The summed E-state index contributed by atoms with van der Waals surface area (Å²) in [6, 6.07) is 10.1. The van der Waals surface area contributed by atoms with Crippen LogP contribution in [0.1, 0.15) is 32.6 Å². The van der Waals surface area contributed by atoms with E-state index in [1.165, 1.54) is 11.1 Å². The smallest absolute Gasteiger partial charge is 0.138 e. The topological polar surface area (TPSA) is 26.3 Å². The number of hydrogen-bond acceptors (Lipinski definition) is 2. The molecule has 0 saturated heterocycles. The summed E-state index contributed by atoms with van der Waals surface area (Å²) in [4.78, 5) is 10.7. The first-order chi connectivity index (χ1) is 9.90. The highest BCUT2D eigenvalue weighted by Crippen LogP contribution is 2.32. The number of ether oxygens (including phenoxy) is 1. The SMILES string of the molecule is Cc1cc(C)cc(Oc2cc(C)c(C(Br)C=O)c(C)c2)c1. The van der Waals surface area contributed by atoms with Gasteiger partial charge in [0, 0.05) is 0 Å². The molecule has 1 unspecified atom stereocenters. The van der Waals surface area contributed by atoms with Crippen LogP contribution in [-0.2, 0) is 4.79 Å². The molecule has 0 aromatic heterocycles. The van der Waals surface area contributed by atoms with Crippen molar-refractivity contribution in [2.45, 2.75) is 32.5 Å². The van der Waals surface area contributed by atoms with Gasteiger partial charge in [0.05, 0.1) is 4.83 Å². The van der Waals surface area contributed by atoms with Crippen molar-refractivity contribution in [1.29, 1.82) is 0 Å². The van der Waals surface area contributed by atoms with E-state index in [2.05, 4.69) is 35.8 Å². The van der Waals surface area contributed by atoms with Gasteiger partial charge in [-0.1, -0.05) is 22.0 Å². The van der Waals surface area contributed by atoms with Gasteiger partial charge in [-0.15, -0.1) is 0 Å². The van der Waals surface area contributed by atoms with Crippen molar-refractivity contribution in [3.63, 3.8) is 0 Å². The highest BCUT2D eigenvalue weighted by molar-refractivity contribution is 9.09. The Balaban J connectivity index is 2.35. The van der Waals surface area contributed by atoms with E-state index in [4.69, 9.17) is 4.74 Å². The van der Waals surface area contributed by atoms with Gasteiger partial charge in [0.15, 0.2) is 0 Å². The lowest BCUT2D eigenvalue weighted by atomic mass is 10.00. The Bertz CT molecular complexity index is 634. The van der Waals surface area contributed by atoms with E-state index >= 15 is 0 Å². The van der Waals surface area contributed by atoms with Crippen LogP contribution in [0.3, 0.4) is 0 Å². The van der Waals surface area contributed by atoms with Gasteiger partial charge < -0.3 is 9.53 Å². The standard InChI is InChI=1S/C18H19BrO2/c1-11-5-12(2)7-15(6-11)21-16-8-13(3)18(14(4)9-16)17(19)10-20/h5-10,17H,1-4H3. The first-order valence-corrected chi connectivity index (χ1v) is 7.79. The van der Waals surface area contributed by atoms with E-state index in [1.54, 1.807) is 0 Å². The molecular weight excluding hydrogens is 328 g/mol. The molecule has 2 nitrogen and oxygen atoms in total. The maximum absolute atomic E-state index is 11.0. The van der Waals surface area contributed by atoms with E-state index in [0.717, 1.165) is 34.5 Å². The average molecular weight is 347 g/mol. The zero-order valence-corrected chi connectivity index (χ0v) is 14.3. The van der Waals surface area contributed by atoms with Crippen molar-refractivity contribution in [1.82, 2.24) is 0 Å². The Morgan fingerprint density at radius 1 is 0.905 bits per heavy atom. The Kier molecular flexibility index (Phi) is 4.84.